The zero-order valence-electron chi connectivity index (χ0n) is 13.7. The summed E-state index contributed by atoms with van der Waals surface area (Å²) in [7, 11) is 0. The van der Waals surface area contributed by atoms with Gasteiger partial charge in [-0.2, -0.15) is 0 Å². The Morgan fingerprint density at radius 2 is 1.92 bits per heavy atom. The number of aromatic nitrogens is 2. The van der Waals surface area contributed by atoms with Gasteiger partial charge in [-0.1, -0.05) is 31.9 Å². The molecule has 1 N–H and O–H groups in total. The third-order valence-electron chi connectivity index (χ3n) is 3.86. The summed E-state index contributed by atoms with van der Waals surface area (Å²) < 4.78 is 7.11. The first-order chi connectivity index (χ1) is 12.1. The summed E-state index contributed by atoms with van der Waals surface area (Å²) in [4.78, 5) is 8.71. The molecule has 130 valence electrons. The maximum absolute atomic E-state index is 9.91. The van der Waals surface area contributed by atoms with E-state index in [0.29, 0.717) is 5.33 Å². The SMILES string of the molecule is Cc1cc(C(OCC(O)CBr)c2ccncc2)c2cc(Br)ccc2n1. The first-order valence-electron chi connectivity index (χ1n) is 7.91. The van der Waals surface area contributed by atoms with Gasteiger partial charge in [-0.05, 0) is 54.4 Å². The minimum absolute atomic E-state index is 0.231. The monoisotopic (exact) mass is 464 g/mol. The van der Waals surface area contributed by atoms with Crippen molar-refractivity contribution in [3.63, 3.8) is 0 Å². The number of aliphatic hydroxyl groups is 1. The van der Waals surface area contributed by atoms with Crippen LogP contribution < -0.4 is 0 Å². The number of hydrogen-bond donors (Lipinski definition) is 1. The van der Waals surface area contributed by atoms with Crippen LogP contribution in [0.1, 0.15) is 22.9 Å². The second kappa shape index (κ2) is 8.36. The molecular formula is C19H18Br2N2O2. The van der Waals surface area contributed by atoms with Crippen LogP contribution >= 0.6 is 31.9 Å². The lowest BCUT2D eigenvalue weighted by molar-refractivity contribution is 0.0165. The van der Waals surface area contributed by atoms with Gasteiger partial charge in [0, 0.05) is 33.3 Å². The molecule has 3 rings (SSSR count). The molecule has 0 aliphatic carbocycles. The van der Waals surface area contributed by atoms with Gasteiger partial charge in [0.2, 0.25) is 0 Å². The molecule has 0 aliphatic heterocycles. The summed E-state index contributed by atoms with van der Waals surface area (Å²) in [5.74, 6) is 0. The maximum Gasteiger partial charge on any atom is 0.108 e. The Hall–Kier alpha value is -1.34. The average molecular weight is 466 g/mol. The second-order valence-corrected chi connectivity index (χ2v) is 7.38. The third kappa shape index (κ3) is 4.44. The van der Waals surface area contributed by atoms with Gasteiger partial charge in [-0.25, -0.2) is 0 Å². The molecule has 3 aromatic rings. The van der Waals surface area contributed by atoms with Crippen molar-refractivity contribution in [1.29, 1.82) is 0 Å². The van der Waals surface area contributed by atoms with Crippen molar-refractivity contribution >= 4 is 42.8 Å². The maximum atomic E-state index is 9.91. The van der Waals surface area contributed by atoms with E-state index in [0.717, 1.165) is 32.2 Å². The Kier molecular flexibility index (Phi) is 6.17. The van der Waals surface area contributed by atoms with Crippen molar-refractivity contribution in [3.8, 4) is 0 Å². The fraction of sp³-hybridized carbons (Fsp3) is 0.263. The number of benzene rings is 1. The smallest absolute Gasteiger partial charge is 0.108 e. The molecule has 0 amide bonds. The molecule has 2 heterocycles. The van der Waals surface area contributed by atoms with E-state index >= 15 is 0 Å². The topological polar surface area (TPSA) is 55.2 Å². The Bertz CT molecular complexity index is 859. The van der Waals surface area contributed by atoms with Crippen LogP contribution in [0.15, 0.2) is 53.3 Å². The quantitative estimate of drug-likeness (QED) is 0.542. The van der Waals surface area contributed by atoms with E-state index in [1.807, 2.05) is 37.3 Å². The fourth-order valence-electron chi connectivity index (χ4n) is 2.73. The van der Waals surface area contributed by atoms with Crippen LogP contribution in [0.3, 0.4) is 0 Å². The van der Waals surface area contributed by atoms with Crippen LogP contribution in [-0.4, -0.2) is 33.1 Å². The molecule has 0 fully saturated rings. The van der Waals surface area contributed by atoms with Gasteiger partial charge in [-0.15, -0.1) is 0 Å². The number of halogens is 2. The summed E-state index contributed by atoms with van der Waals surface area (Å²) in [6.07, 6.45) is 2.62. The highest BCUT2D eigenvalue weighted by molar-refractivity contribution is 9.10. The van der Waals surface area contributed by atoms with E-state index in [4.69, 9.17) is 4.74 Å². The van der Waals surface area contributed by atoms with Crippen LogP contribution in [0.5, 0.6) is 0 Å². The number of pyridine rings is 2. The molecule has 0 radical (unpaired) electrons. The Balaban J connectivity index is 2.12. The number of nitrogens with zero attached hydrogens (tertiary/aromatic N) is 2. The van der Waals surface area contributed by atoms with E-state index in [1.165, 1.54) is 0 Å². The summed E-state index contributed by atoms with van der Waals surface area (Å²) in [6, 6.07) is 11.9. The summed E-state index contributed by atoms with van der Waals surface area (Å²) in [6.45, 7) is 2.21. The first kappa shape index (κ1) is 18.5. The lowest BCUT2D eigenvalue weighted by Crippen LogP contribution is -2.20. The molecule has 2 unspecified atom stereocenters. The van der Waals surface area contributed by atoms with Gasteiger partial charge in [0.1, 0.15) is 6.10 Å². The fourth-order valence-corrected chi connectivity index (χ4v) is 3.28. The molecule has 0 aliphatic rings. The van der Waals surface area contributed by atoms with Crippen molar-refractivity contribution in [1.82, 2.24) is 9.97 Å². The van der Waals surface area contributed by atoms with Gasteiger partial charge in [0.05, 0.1) is 18.2 Å². The van der Waals surface area contributed by atoms with Gasteiger partial charge >= 0.3 is 0 Å². The zero-order valence-corrected chi connectivity index (χ0v) is 16.9. The molecule has 0 saturated heterocycles. The van der Waals surface area contributed by atoms with Crippen molar-refractivity contribution in [2.75, 3.05) is 11.9 Å². The normalized spacial score (nSPS) is 13.8. The van der Waals surface area contributed by atoms with Crippen LogP contribution in [0.2, 0.25) is 0 Å². The van der Waals surface area contributed by atoms with E-state index in [9.17, 15) is 5.11 Å². The Labute approximate surface area is 163 Å². The second-order valence-electron chi connectivity index (χ2n) is 5.82. The molecule has 2 aromatic heterocycles. The number of hydrogen-bond acceptors (Lipinski definition) is 4. The lowest BCUT2D eigenvalue weighted by atomic mass is 9.97. The van der Waals surface area contributed by atoms with Gasteiger partial charge in [0.15, 0.2) is 0 Å². The predicted molar refractivity (Wildman–Crippen MR) is 106 cm³/mol. The predicted octanol–water partition coefficient (Wildman–Crippen LogP) is 4.56. The number of aliphatic hydroxyl groups excluding tert-OH is 1. The molecule has 0 spiro atoms. The first-order valence-corrected chi connectivity index (χ1v) is 9.82. The molecule has 2 atom stereocenters. The molecule has 0 saturated carbocycles. The van der Waals surface area contributed by atoms with Crippen molar-refractivity contribution in [2.24, 2.45) is 0 Å². The number of fused-ring (bicyclic) bond motifs is 1. The lowest BCUT2D eigenvalue weighted by Gasteiger charge is -2.22. The summed E-state index contributed by atoms with van der Waals surface area (Å²) >= 11 is 6.82. The number of rotatable bonds is 6. The van der Waals surface area contributed by atoms with Gasteiger partial charge in [0.25, 0.3) is 0 Å². The number of alkyl halides is 1. The van der Waals surface area contributed by atoms with E-state index < -0.39 is 6.10 Å². The average Bonchev–Trinajstić information content (AvgIpc) is 2.63. The molecule has 0 bridgehead atoms. The standard InChI is InChI=1S/C19H18Br2N2O2/c1-12-8-17(16-9-14(21)2-3-18(16)23-12)19(25-11-15(24)10-20)13-4-6-22-7-5-13/h2-9,15,19,24H,10-11H2,1H3. The van der Waals surface area contributed by atoms with Crippen LogP contribution in [0.4, 0.5) is 0 Å². The van der Waals surface area contributed by atoms with Crippen LogP contribution in [0.25, 0.3) is 10.9 Å². The Morgan fingerprint density at radius 3 is 2.64 bits per heavy atom. The number of ether oxygens (including phenoxy) is 1. The largest absolute Gasteiger partial charge is 0.390 e. The molecule has 25 heavy (non-hydrogen) atoms. The van der Waals surface area contributed by atoms with Gasteiger partial charge < -0.3 is 9.84 Å². The van der Waals surface area contributed by atoms with E-state index in [1.54, 1.807) is 12.4 Å². The van der Waals surface area contributed by atoms with Crippen molar-refractivity contribution < 1.29 is 9.84 Å². The number of aryl methyl sites for hydroxylation is 1. The van der Waals surface area contributed by atoms with Gasteiger partial charge in [-0.3, -0.25) is 9.97 Å². The van der Waals surface area contributed by atoms with Crippen molar-refractivity contribution in [3.05, 3.63) is 70.1 Å². The minimum Gasteiger partial charge on any atom is -0.390 e. The highest BCUT2D eigenvalue weighted by Gasteiger charge is 2.20. The summed E-state index contributed by atoms with van der Waals surface area (Å²) in [5.41, 5.74) is 3.86. The van der Waals surface area contributed by atoms with Crippen LogP contribution in [-0.2, 0) is 4.74 Å². The van der Waals surface area contributed by atoms with E-state index in [2.05, 4.69) is 47.9 Å². The zero-order chi connectivity index (χ0) is 17.8. The summed E-state index contributed by atoms with van der Waals surface area (Å²) in [5, 5.41) is 11.4. The van der Waals surface area contributed by atoms with Crippen LogP contribution in [0, 0.1) is 6.92 Å². The van der Waals surface area contributed by atoms with E-state index in [-0.39, 0.29) is 12.7 Å². The van der Waals surface area contributed by atoms with Crippen molar-refractivity contribution in [2.45, 2.75) is 19.1 Å². The Morgan fingerprint density at radius 1 is 1.16 bits per heavy atom. The third-order valence-corrected chi connectivity index (χ3v) is 5.10. The minimum atomic E-state index is -0.565. The highest BCUT2D eigenvalue weighted by Crippen LogP contribution is 2.33. The highest BCUT2D eigenvalue weighted by atomic mass is 79.9. The molecule has 1 aromatic carbocycles. The molecule has 6 heteroatoms. The molecular weight excluding hydrogens is 448 g/mol. The molecule has 4 nitrogen and oxygen atoms in total.